The molecule has 0 atom stereocenters. The third-order valence-electron chi connectivity index (χ3n) is 4.93. The first-order valence-electron chi connectivity index (χ1n) is 9.34. The van der Waals surface area contributed by atoms with Crippen molar-refractivity contribution in [1.82, 2.24) is 0 Å². The second-order valence-electron chi connectivity index (χ2n) is 6.92. The van der Waals surface area contributed by atoms with Gasteiger partial charge in [0.15, 0.2) is 0 Å². The Labute approximate surface area is 182 Å². The highest BCUT2D eigenvalue weighted by atomic mass is 32.2. The highest BCUT2D eigenvalue weighted by Gasteiger charge is 2.21. The number of anilines is 2. The molecule has 7 heteroatoms. The number of carbonyl (C=O) groups excluding carboxylic acids is 1. The summed E-state index contributed by atoms with van der Waals surface area (Å²) < 4.78 is 27.0. The number of rotatable bonds is 6. The number of nitrogens with zero attached hydrogens (tertiary/aromatic N) is 1. The van der Waals surface area contributed by atoms with E-state index in [1.165, 1.54) is 11.4 Å². The smallest absolute Gasteiger partial charge is 0.264 e. The summed E-state index contributed by atoms with van der Waals surface area (Å²) in [6, 6.07) is 19.1. The first kappa shape index (κ1) is 21.9. The molecule has 0 saturated heterocycles. The molecule has 1 N–H and O–H groups in total. The molecule has 0 saturated carbocycles. The van der Waals surface area contributed by atoms with E-state index in [4.69, 9.17) is 0 Å². The molecular formula is C23H24N2O3S2. The molecule has 3 rings (SSSR count). The van der Waals surface area contributed by atoms with Crippen molar-refractivity contribution in [2.45, 2.75) is 23.6 Å². The van der Waals surface area contributed by atoms with Crippen LogP contribution in [0.25, 0.3) is 0 Å². The van der Waals surface area contributed by atoms with Crippen molar-refractivity contribution in [1.29, 1.82) is 0 Å². The number of aryl methyl sites for hydroxylation is 2. The number of nitrogens with one attached hydrogen (secondary N) is 1. The number of thioether (sulfide) groups is 1. The van der Waals surface area contributed by atoms with Gasteiger partial charge in [-0.1, -0.05) is 18.2 Å². The van der Waals surface area contributed by atoms with Crippen LogP contribution in [0.5, 0.6) is 0 Å². The van der Waals surface area contributed by atoms with Crippen molar-refractivity contribution < 1.29 is 13.2 Å². The number of sulfonamides is 1. The van der Waals surface area contributed by atoms with Crippen LogP contribution in [-0.4, -0.2) is 27.6 Å². The molecule has 5 nitrogen and oxygen atoms in total. The summed E-state index contributed by atoms with van der Waals surface area (Å²) in [6.45, 7) is 3.88. The second kappa shape index (κ2) is 8.93. The summed E-state index contributed by atoms with van der Waals surface area (Å²) in [5.41, 5.74) is 3.70. The molecule has 0 aliphatic rings. The van der Waals surface area contributed by atoms with Gasteiger partial charge in [-0.05, 0) is 79.8 Å². The zero-order valence-corrected chi connectivity index (χ0v) is 19.0. The Kier molecular flexibility index (Phi) is 6.53. The molecule has 0 radical (unpaired) electrons. The largest absolute Gasteiger partial charge is 0.322 e. The first-order chi connectivity index (χ1) is 14.2. The molecular weight excluding hydrogens is 416 g/mol. The Hall–Kier alpha value is -2.77. The Bertz CT molecular complexity index is 1140. The summed E-state index contributed by atoms with van der Waals surface area (Å²) >= 11 is 1.55. The molecule has 0 aliphatic heterocycles. The van der Waals surface area contributed by atoms with Crippen molar-refractivity contribution in [3.63, 3.8) is 0 Å². The highest BCUT2D eigenvalue weighted by molar-refractivity contribution is 7.98. The minimum Gasteiger partial charge on any atom is -0.322 e. The lowest BCUT2D eigenvalue weighted by atomic mass is 10.1. The maximum Gasteiger partial charge on any atom is 0.264 e. The van der Waals surface area contributed by atoms with E-state index < -0.39 is 10.0 Å². The minimum atomic E-state index is -3.69. The predicted molar refractivity (Wildman–Crippen MR) is 124 cm³/mol. The van der Waals surface area contributed by atoms with Crippen molar-refractivity contribution in [2.24, 2.45) is 0 Å². The molecule has 0 unspecified atom stereocenters. The Balaban J connectivity index is 1.79. The molecule has 0 aliphatic carbocycles. The van der Waals surface area contributed by atoms with Gasteiger partial charge in [0, 0.05) is 23.2 Å². The van der Waals surface area contributed by atoms with Gasteiger partial charge in [0.1, 0.15) is 0 Å². The van der Waals surface area contributed by atoms with Crippen LogP contribution in [0.4, 0.5) is 11.4 Å². The van der Waals surface area contributed by atoms with Gasteiger partial charge in [0.2, 0.25) is 0 Å². The van der Waals surface area contributed by atoms with Crippen LogP contribution in [0, 0.1) is 13.8 Å². The third kappa shape index (κ3) is 4.52. The topological polar surface area (TPSA) is 66.5 Å². The molecule has 0 spiro atoms. The number of carbonyl (C=O) groups is 1. The van der Waals surface area contributed by atoms with E-state index in [2.05, 4.69) is 5.32 Å². The fourth-order valence-corrected chi connectivity index (χ4v) is 4.67. The summed E-state index contributed by atoms with van der Waals surface area (Å²) in [4.78, 5) is 13.9. The molecule has 0 aromatic heterocycles. The first-order valence-corrected chi connectivity index (χ1v) is 12.0. The van der Waals surface area contributed by atoms with Gasteiger partial charge in [-0.3, -0.25) is 9.10 Å². The van der Waals surface area contributed by atoms with E-state index in [9.17, 15) is 13.2 Å². The van der Waals surface area contributed by atoms with Crippen molar-refractivity contribution in [3.8, 4) is 0 Å². The fourth-order valence-electron chi connectivity index (χ4n) is 3.06. The minimum absolute atomic E-state index is 0.222. The second-order valence-corrected chi connectivity index (χ2v) is 9.76. The Morgan fingerprint density at radius 1 is 0.900 bits per heavy atom. The lowest BCUT2D eigenvalue weighted by Gasteiger charge is -2.20. The maximum absolute atomic E-state index is 12.9. The standard InChI is InChI=1S/C23H24N2O3S2/c1-16-6-5-7-17(2)22(16)24-23(26)18-8-10-19(11-9-18)25(3)30(27,28)21-14-12-20(29-4)13-15-21/h5-15H,1-4H3,(H,24,26). The average molecular weight is 441 g/mol. The van der Waals surface area contributed by atoms with Gasteiger partial charge in [-0.15, -0.1) is 11.8 Å². The lowest BCUT2D eigenvalue weighted by molar-refractivity contribution is 0.102. The van der Waals surface area contributed by atoms with Gasteiger partial charge in [0.05, 0.1) is 10.6 Å². The van der Waals surface area contributed by atoms with Crippen LogP contribution in [0.15, 0.2) is 76.5 Å². The van der Waals surface area contributed by atoms with Crippen LogP contribution in [0.2, 0.25) is 0 Å². The Morgan fingerprint density at radius 2 is 1.47 bits per heavy atom. The molecule has 3 aromatic carbocycles. The maximum atomic E-state index is 12.9. The van der Waals surface area contributed by atoms with Crippen molar-refractivity contribution >= 4 is 39.1 Å². The van der Waals surface area contributed by atoms with Crippen molar-refractivity contribution in [2.75, 3.05) is 22.9 Å². The van der Waals surface area contributed by atoms with Gasteiger partial charge in [-0.25, -0.2) is 8.42 Å². The molecule has 156 valence electrons. The van der Waals surface area contributed by atoms with E-state index in [1.54, 1.807) is 60.3 Å². The zero-order valence-electron chi connectivity index (χ0n) is 17.3. The van der Waals surface area contributed by atoms with Gasteiger partial charge < -0.3 is 5.32 Å². The number of benzene rings is 3. The number of hydrogen-bond donors (Lipinski definition) is 1. The van der Waals surface area contributed by atoms with E-state index in [0.29, 0.717) is 11.3 Å². The molecule has 1 amide bonds. The van der Waals surface area contributed by atoms with Gasteiger partial charge in [0.25, 0.3) is 15.9 Å². The van der Waals surface area contributed by atoms with E-state index in [-0.39, 0.29) is 10.8 Å². The molecule has 0 fully saturated rings. The summed E-state index contributed by atoms with van der Waals surface area (Å²) in [5, 5.41) is 2.94. The van der Waals surface area contributed by atoms with Crippen LogP contribution in [0.3, 0.4) is 0 Å². The molecule has 0 bridgehead atoms. The number of para-hydroxylation sites is 1. The van der Waals surface area contributed by atoms with Gasteiger partial charge in [-0.2, -0.15) is 0 Å². The van der Waals surface area contributed by atoms with Crippen LogP contribution in [-0.2, 0) is 10.0 Å². The SMILES string of the molecule is CSc1ccc(S(=O)(=O)N(C)c2ccc(C(=O)Nc3c(C)cccc3C)cc2)cc1. The molecule has 3 aromatic rings. The molecule has 0 heterocycles. The lowest BCUT2D eigenvalue weighted by Crippen LogP contribution is -2.26. The number of hydrogen-bond acceptors (Lipinski definition) is 4. The van der Waals surface area contributed by atoms with Crippen LogP contribution in [0.1, 0.15) is 21.5 Å². The van der Waals surface area contributed by atoms with Crippen molar-refractivity contribution in [3.05, 3.63) is 83.4 Å². The highest BCUT2D eigenvalue weighted by Crippen LogP contribution is 2.25. The monoisotopic (exact) mass is 440 g/mol. The summed E-state index contributed by atoms with van der Waals surface area (Å²) in [7, 11) is -2.18. The van der Waals surface area contributed by atoms with E-state index in [0.717, 1.165) is 21.7 Å². The van der Waals surface area contributed by atoms with E-state index >= 15 is 0 Å². The van der Waals surface area contributed by atoms with Gasteiger partial charge >= 0.3 is 0 Å². The Morgan fingerprint density at radius 3 is 2.00 bits per heavy atom. The molecule has 30 heavy (non-hydrogen) atoms. The average Bonchev–Trinajstić information content (AvgIpc) is 2.76. The predicted octanol–water partition coefficient (Wildman–Crippen LogP) is 5.10. The quantitative estimate of drug-likeness (QED) is 0.542. The normalized spacial score (nSPS) is 11.2. The third-order valence-corrected chi connectivity index (χ3v) is 7.47. The van der Waals surface area contributed by atoms with E-state index in [1.807, 2.05) is 38.3 Å². The zero-order chi connectivity index (χ0) is 21.9. The fraction of sp³-hybridized carbons (Fsp3) is 0.174. The van der Waals surface area contributed by atoms with Crippen LogP contribution < -0.4 is 9.62 Å². The van der Waals surface area contributed by atoms with Crippen LogP contribution >= 0.6 is 11.8 Å². The summed E-state index contributed by atoms with van der Waals surface area (Å²) in [5.74, 6) is -0.239. The summed E-state index contributed by atoms with van der Waals surface area (Å²) in [6.07, 6.45) is 1.94. The number of amides is 1.